The van der Waals surface area contributed by atoms with Crippen LogP contribution in [0.4, 0.5) is 11.4 Å². The van der Waals surface area contributed by atoms with Crippen molar-refractivity contribution in [3.05, 3.63) is 97.3 Å². The number of rotatable bonds is 8. The van der Waals surface area contributed by atoms with Crippen LogP contribution in [0, 0.1) is 0 Å². The Kier molecular flexibility index (Phi) is 6.57. The first-order valence-corrected chi connectivity index (χ1v) is 11.2. The number of hydrogen-bond acceptors (Lipinski definition) is 6. The van der Waals surface area contributed by atoms with Gasteiger partial charge in [-0.25, -0.2) is 9.36 Å². The number of carbonyl (C=O) groups excluding carboxylic acids is 2. The molecule has 0 aliphatic heterocycles. The molecule has 0 fully saturated rings. The molecule has 0 atom stereocenters. The van der Waals surface area contributed by atoms with Gasteiger partial charge in [0.05, 0.1) is 12.4 Å². The maximum Gasteiger partial charge on any atom is 0.246 e. The zero-order valence-corrected chi connectivity index (χ0v) is 19.2. The number of aromatic nitrogens is 6. The number of hydrogen-bond donors (Lipinski definition) is 2. The van der Waals surface area contributed by atoms with Crippen LogP contribution in [-0.4, -0.2) is 41.8 Å². The van der Waals surface area contributed by atoms with Crippen molar-refractivity contribution in [1.29, 1.82) is 0 Å². The first-order chi connectivity index (χ1) is 17.6. The molecule has 0 saturated heterocycles. The molecule has 10 nitrogen and oxygen atoms in total. The molecule has 5 rings (SSSR count). The SMILES string of the molecule is O=C(Cn1cc(-c2ccccc2)nn1)Nc1ccc(NC(=O)Cn2cc(-c3ccccc3)nn2)cc1. The Bertz CT molecular complexity index is 1350. The van der Waals surface area contributed by atoms with Crippen LogP contribution in [-0.2, 0) is 22.7 Å². The fraction of sp³-hybridized carbons (Fsp3) is 0.0769. The van der Waals surface area contributed by atoms with Gasteiger partial charge in [0, 0.05) is 22.5 Å². The van der Waals surface area contributed by atoms with Crippen molar-refractivity contribution in [1.82, 2.24) is 30.0 Å². The van der Waals surface area contributed by atoms with Crippen molar-refractivity contribution in [2.45, 2.75) is 13.1 Å². The van der Waals surface area contributed by atoms with E-state index in [1.807, 2.05) is 60.7 Å². The Balaban J connectivity index is 1.12. The molecule has 0 spiro atoms. The van der Waals surface area contributed by atoms with Gasteiger partial charge in [0.25, 0.3) is 0 Å². The van der Waals surface area contributed by atoms with Gasteiger partial charge >= 0.3 is 0 Å². The zero-order chi connectivity index (χ0) is 24.7. The van der Waals surface area contributed by atoms with Gasteiger partial charge in [-0.05, 0) is 24.3 Å². The largest absolute Gasteiger partial charge is 0.324 e. The Hall–Kier alpha value is -5.12. The first-order valence-electron chi connectivity index (χ1n) is 11.2. The van der Waals surface area contributed by atoms with Crippen LogP contribution in [0.15, 0.2) is 97.3 Å². The second kappa shape index (κ2) is 10.4. The molecule has 2 N–H and O–H groups in total. The molecule has 2 aromatic heterocycles. The van der Waals surface area contributed by atoms with Crippen molar-refractivity contribution < 1.29 is 9.59 Å². The second-order valence-corrected chi connectivity index (χ2v) is 8.01. The minimum atomic E-state index is -0.239. The van der Waals surface area contributed by atoms with Crippen LogP contribution in [0.1, 0.15) is 0 Å². The van der Waals surface area contributed by atoms with Gasteiger partial charge in [-0.2, -0.15) is 0 Å². The van der Waals surface area contributed by atoms with Gasteiger partial charge in [-0.3, -0.25) is 9.59 Å². The summed E-state index contributed by atoms with van der Waals surface area (Å²) in [5.74, 6) is -0.478. The van der Waals surface area contributed by atoms with Crippen LogP contribution in [0.25, 0.3) is 22.5 Å². The summed E-state index contributed by atoms with van der Waals surface area (Å²) < 4.78 is 2.97. The quantitative estimate of drug-likeness (QED) is 0.352. The van der Waals surface area contributed by atoms with Crippen molar-refractivity contribution in [3.8, 4) is 22.5 Å². The predicted molar refractivity (Wildman–Crippen MR) is 135 cm³/mol. The number of nitrogens with one attached hydrogen (secondary N) is 2. The van der Waals surface area contributed by atoms with Crippen LogP contribution < -0.4 is 10.6 Å². The molecule has 36 heavy (non-hydrogen) atoms. The molecule has 0 radical (unpaired) electrons. The molecule has 3 aromatic carbocycles. The van der Waals surface area contributed by atoms with E-state index in [9.17, 15) is 9.59 Å². The van der Waals surface area contributed by atoms with Crippen LogP contribution in [0.5, 0.6) is 0 Å². The maximum atomic E-state index is 12.4. The highest BCUT2D eigenvalue weighted by Gasteiger charge is 2.10. The fourth-order valence-electron chi connectivity index (χ4n) is 3.57. The first kappa shape index (κ1) is 22.7. The third kappa shape index (κ3) is 5.68. The van der Waals surface area contributed by atoms with E-state index in [1.165, 1.54) is 9.36 Å². The van der Waals surface area contributed by atoms with E-state index in [0.29, 0.717) is 22.8 Å². The van der Waals surface area contributed by atoms with Crippen LogP contribution >= 0.6 is 0 Å². The van der Waals surface area contributed by atoms with Gasteiger partial charge in [0.15, 0.2) is 0 Å². The molecule has 0 aliphatic carbocycles. The van der Waals surface area contributed by atoms with Crippen molar-refractivity contribution in [2.24, 2.45) is 0 Å². The maximum absolute atomic E-state index is 12.4. The third-order valence-corrected chi connectivity index (χ3v) is 5.28. The Morgan fingerprint density at radius 2 is 0.972 bits per heavy atom. The van der Waals surface area contributed by atoms with E-state index in [-0.39, 0.29) is 24.9 Å². The van der Waals surface area contributed by atoms with Crippen LogP contribution in [0.3, 0.4) is 0 Å². The standard InChI is InChI=1S/C26H22N8O2/c35-25(17-33-15-23(29-31-33)19-7-3-1-4-8-19)27-21-11-13-22(14-12-21)28-26(36)18-34-16-24(30-32-34)20-9-5-2-6-10-20/h1-16H,17-18H2,(H,27,35)(H,28,36). The van der Waals surface area contributed by atoms with Crippen molar-refractivity contribution in [3.63, 3.8) is 0 Å². The lowest BCUT2D eigenvalue weighted by atomic mass is 10.2. The van der Waals surface area contributed by atoms with E-state index >= 15 is 0 Å². The van der Waals surface area contributed by atoms with Crippen LogP contribution in [0.2, 0.25) is 0 Å². The summed E-state index contributed by atoms with van der Waals surface area (Å²) in [6, 6.07) is 26.1. The highest BCUT2D eigenvalue weighted by atomic mass is 16.2. The van der Waals surface area contributed by atoms with Crippen molar-refractivity contribution in [2.75, 3.05) is 10.6 Å². The van der Waals surface area contributed by atoms with Gasteiger partial charge in [-0.15, -0.1) is 10.2 Å². The second-order valence-electron chi connectivity index (χ2n) is 8.01. The lowest BCUT2D eigenvalue weighted by molar-refractivity contribution is -0.117. The van der Waals surface area contributed by atoms with E-state index in [4.69, 9.17) is 0 Å². The lowest BCUT2D eigenvalue weighted by Gasteiger charge is -2.08. The summed E-state index contributed by atoms with van der Waals surface area (Å²) in [5.41, 5.74) is 4.47. The Morgan fingerprint density at radius 1 is 0.583 bits per heavy atom. The summed E-state index contributed by atoms with van der Waals surface area (Å²) in [7, 11) is 0. The lowest BCUT2D eigenvalue weighted by Crippen LogP contribution is -2.20. The molecule has 5 aromatic rings. The minimum Gasteiger partial charge on any atom is -0.324 e. The van der Waals surface area contributed by atoms with Gasteiger partial charge in [0.2, 0.25) is 11.8 Å². The summed E-state index contributed by atoms with van der Waals surface area (Å²) in [6.45, 7) is 0.0579. The van der Waals surface area contributed by atoms with Gasteiger partial charge < -0.3 is 10.6 Å². The number of nitrogens with zero attached hydrogens (tertiary/aromatic N) is 6. The zero-order valence-electron chi connectivity index (χ0n) is 19.2. The topological polar surface area (TPSA) is 120 Å². The monoisotopic (exact) mass is 478 g/mol. The normalized spacial score (nSPS) is 10.7. The number of anilines is 2. The third-order valence-electron chi connectivity index (χ3n) is 5.28. The summed E-state index contributed by atoms with van der Waals surface area (Å²) in [5, 5.41) is 21.9. The predicted octanol–water partition coefficient (Wildman–Crippen LogP) is 3.48. The van der Waals surface area contributed by atoms with E-state index in [2.05, 4.69) is 31.3 Å². The average Bonchev–Trinajstić information content (AvgIpc) is 3.56. The van der Waals surface area contributed by atoms with E-state index < -0.39 is 0 Å². The number of amides is 2. The summed E-state index contributed by atoms with van der Waals surface area (Å²) in [4.78, 5) is 24.8. The highest BCUT2D eigenvalue weighted by Crippen LogP contribution is 2.17. The highest BCUT2D eigenvalue weighted by molar-refractivity contribution is 5.92. The fourth-order valence-corrected chi connectivity index (χ4v) is 3.57. The smallest absolute Gasteiger partial charge is 0.246 e. The molecule has 2 amide bonds. The Labute approximate surface area is 206 Å². The van der Waals surface area contributed by atoms with Gasteiger partial charge in [-0.1, -0.05) is 71.1 Å². The van der Waals surface area contributed by atoms with E-state index in [1.54, 1.807) is 36.7 Å². The molecular weight excluding hydrogens is 456 g/mol. The summed E-state index contributed by atoms with van der Waals surface area (Å²) >= 11 is 0. The van der Waals surface area contributed by atoms with E-state index in [0.717, 1.165) is 11.1 Å². The Morgan fingerprint density at radius 3 is 1.36 bits per heavy atom. The molecule has 0 aliphatic rings. The van der Waals surface area contributed by atoms with Crippen molar-refractivity contribution >= 4 is 23.2 Å². The average molecular weight is 479 g/mol. The molecule has 0 unspecified atom stereocenters. The molecule has 0 bridgehead atoms. The number of benzene rings is 3. The summed E-state index contributed by atoms with van der Waals surface area (Å²) in [6.07, 6.45) is 3.46. The molecule has 2 heterocycles. The molecule has 10 heteroatoms. The molecule has 0 saturated carbocycles. The number of carbonyl (C=O) groups is 2. The van der Waals surface area contributed by atoms with Gasteiger partial charge in [0.1, 0.15) is 24.5 Å². The minimum absolute atomic E-state index is 0.0290. The molecular formula is C26H22N8O2. The molecule has 178 valence electrons.